The Bertz CT molecular complexity index is 715. The van der Waals surface area contributed by atoms with E-state index in [4.69, 9.17) is 5.26 Å². The van der Waals surface area contributed by atoms with Crippen molar-refractivity contribution in [1.82, 2.24) is 4.90 Å². The van der Waals surface area contributed by atoms with Crippen LogP contribution in [0.15, 0.2) is 18.2 Å². The number of halogens is 1. The van der Waals surface area contributed by atoms with Gasteiger partial charge in [0, 0.05) is 18.8 Å². The molecule has 0 aromatic heterocycles. The van der Waals surface area contributed by atoms with Gasteiger partial charge in [-0.05, 0) is 37.0 Å². The number of fused-ring (bicyclic) bond motifs is 1. The Morgan fingerprint density at radius 3 is 2.87 bits per heavy atom. The van der Waals surface area contributed by atoms with Crippen LogP contribution in [0.25, 0.3) is 0 Å². The minimum absolute atomic E-state index is 0.0246. The number of nitrogens with one attached hydrogen (secondary N) is 1. The van der Waals surface area contributed by atoms with Crippen LogP contribution in [0.5, 0.6) is 0 Å². The highest BCUT2D eigenvalue weighted by Gasteiger charge is 2.55. The predicted molar refractivity (Wildman–Crippen MR) is 79.1 cm³/mol. The van der Waals surface area contributed by atoms with Crippen LogP contribution >= 0.6 is 0 Å². The van der Waals surface area contributed by atoms with Gasteiger partial charge in [-0.3, -0.25) is 4.79 Å². The van der Waals surface area contributed by atoms with Crippen molar-refractivity contribution in [3.05, 3.63) is 29.6 Å². The fourth-order valence-electron chi connectivity index (χ4n) is 3.68. The molecule has 0 radical (unpaired) electrons. The van der Waals surface area contributed by atoms with Crippen molar-refractivity contribution in [3.8, 4) is 6.07 Å². The lowest BCUT2D eigenvalue weighted by Crippen LogP contribution is -2.38. The van der Waals surface area contributed by atoms with Gasteiger partial charge in [0.2, 0.25) is 0 Å². The molecular formula is C16H16FN3O3. The summed E-state index contributed by atoms with van der Waals surface area (Å²) in [6, 6.07) is 5.10. The van der Waals surface area contributed by atoms with Gasteiger partial charge in [-0.1, -0.05) is 6.42 Å². The number of nitriles is 1. The molecule has 1 saturated heterocycles. The van der Waals surface area contributed by atoms with Crippen molar-refractivity contribution in [2.24, 2.45) is 11.3 Å². The fraction of sp³-hybridized carbons (Fsp3) is 0.438. The molecule has 1 saturated carbocycles. The van der Waals surface area contributed by atoms with Gasteiger partial charge in [-0.15, -0.1) is 0 Å². The molecule has 0 unspecified atom stereocenters. The Labute approximate surface area is 132 Å². The van der Waals surface area contributed by atoms with Crippen LogP contribution < -0.4 is 5.32 Å². The average Bonchev–Trinajstić information content (AvgIpc) is 3.05. The van der Waals surface area contributed by atoms with Gasteiger partial charge < -0.3 is 15.3 Å². The van der Waals surface area contributed by atoms with E-state index < -0.39 is 23.2 Å². The largest absolute Gasteiger partial charge is 0.481 e. The minimum atomic E-state index is -0.847. The van der Waals surface area contributed by atoms with E-state index in [1.165, 1.54) is 17.0 Å². The molecule has 1 aliphatic carbocycles. The number of carbonyl (C=O) groups is 2. The van der Waals surface area contributed by atoms with E-state index in [0.29, 0.717) is 13.0 Å². The van der Waals surface area contributed by atoms with E-state index >= 15 is 0 Å². The van der Waals surface area contributed by atoms with Crippen molar-refractivity contribution < 1.29 is 19.1 Å². The Morgan fingerprint density at radius 2 is 2.26 bits per heavy atom. The second-order valence-corrected chi connectivity index (χ2v) is 6.17. The molecule has 1 aromatic carbocycles. The number of nitrogens with zero attached hydrogens (tertiary/aromatic N) is 2. The molecule has 2 fully saturated rings. The molecule has 7 heteroatoms. The van der Waals surface area contributed by atoms with Gasteiger partial charge in [0.25, 0.3) is 0 Å². The van der Waals surface area contributed by atoms with Gasteiger partial charge in [0.05, 0.1) is 11.0 Å². The lowest BCUT2D eigenvalue weighted by Gasteiger charge is -2.23. The number of amides is 2. The Balaban J connectivity index is 1.72. The summed E-state index contributed by atoms with van der Waals surface area (Å²) >= 11 is 0. The standard InChI is InChI=1S/C16H16FN3O3/c17-13-6-12(4-3-10(13)7-18)19-15(23)20-8-11-2-1-5-16(11,9-20)14(21)22/h3-4,6,11H,1-2,5,8-9H2,(H,19,23)(H,21,22)/t11-,16+/m0/s1. The molecule has 1 aliphatic heterocycles. The fourth-order valence-corrected chi connectivity index (χ4v) is 3.68. The third kappa shape index (κ3) is 2.50. The van der Waals surface area contributed by atoms with Crippen LogP contribution in [0.4, 0.5) is 14.9 Å². The van der Waals surface area contributed by atoms with Crippen LogP contribution in [-0.2, 0) is 4.79 Å². The van der Waals surface area contributed by atoms with Gasteiger partial charge in [0.15, 0.2) is 0 Å². The molecule has 1 aromatic rings. The molecule has 2 amide bonds. The number of rotatable bonds is 2. The number of benzene rings is 1. The van der Waals surface area contributed by atoms with Gasteiger partial charge >= 0.3 is 12.0 Å². The number of aliphatic carboxylic acids is 1. The summed E-state index contributed by atoms with van der Waals surface area (Å²) in [5, 5.41) is 20.8. The third-order valence-electron chi connectivity index (χ3n) is 4.92. The maximum atomic E-state index is 13.6. The molecule has 3 rings (SSSR count). The second kappa shape index (κ2) is 5.54. The van der Waals surface area contributed by atoms with E-state index in [-0.39, 0.29) is 23.7 Å². The van der Waals surface area contributed by atoms with Crippen molar-refractivity contribution >= 4 is 17.7 Å². The molecule has 2 aliphatic rings. The highest BCUT2D eigenvalue weighted by atomic mass is 19.1. The number of hydrogen-bond acceptors (Lipinski definition) is 3. The van der Waals surface area contributed by atoms with E-state index in [2.05, 4.69) is 5.32 Å². The quantitative estimate of drug-likeness (QED) is 0.876. The van der Waals surface area contributed by atoms with Crippen LogP contribution in [0.3, 0.4) is 0 Å². The lowest BCUT2D eigenvalue weighted by molar-refractivity contribution is -0.149. The Hall–Kier alpha value is -2.62. The first-order chi connectivity index (χ1) is 11.0. The highest BCUT2D eigenvalue weighted by Crippen LogP contribution is 2.48. The highest BCUT2D eigenvalue weighted by molar-refractivity contribution is 5.90. The monoisotopic (exact) mass is 317 g/mol. The molecule has 0 bridgehead atoms. The maximum absolute atomic E-state index is 13.6. The molecular weight excluding hydrogens is 301 g/mol. The molecule has 6 nitrogen and oxygen atoms in total. The molecule has 2 N–H and O–H groups in total. The van der Waals surface area contributed by atoms with E-state index in [1.807, 2.05) is 0 Å². The number of anilines is 1. The number of urea groups is 1. The molecule has 2 atom stereocenters. The lowest BCUT2D eigenvalue weighted by atomic mass is 9.81. The molecule has 1 heterocycles. The van der Waals surface area contributed by atoms with E-state index in [0.717, 1.165) is 18.9 Å². The smallest absolute Gasteiger partial charge is 0.321 e. The van der Waals surface area contributed by atoms with Crippen molar-refractivity contribution in [2.75, 3.05) is 18.4 Å². The SMILES string of the molecule is N#Cc1ccc(NC(=O)N2C[C@@H]3CCC[C@@]3(C(=O)O)C2)cc1F. The number of carboxylic acid groups (broad SMARTS) is 1. The van der Waals surface area contributed by atoms with Crippen molar-refractivity contribution in [2.45, 2.75) is 19.3 Å². The zero-order valence-electron chi connectivity index (χ0n) is 12.4. The zero-order valence-corrected chi connectivity index (χ0v) is 12.4. The predicted octanol–water partition coefficient (Wildman–Crippen LogP) is 2.42. The maximum Gasteiger partial charge on any atom is 0.321 e. The summed E-state index contributed by atoms with van der Waals surface area (Å²) < 4.78 is 13.6. The summed E-state index contributed by atoms with van der Waals surface area (Å²) in [4.78, 5) is 25.4. The number of carboxylic acids is 1. The van der Waals surface area contributed by atoms with Gasteiger partial charge in [0.1, 0.15) is 11.9 Å². The van der Waals surface area contributed by atoms with Crippen molar-refractivity contribution in [1.29, 1.82) is 5.26 Å². The minimum Gasteiger partial charge on any atom is -0.481 e. The number of likely N-dealkylation sites (tertiary alicyclic amines) is 1. The van der Waals surface area contributed by atoms with Gasteiger partial charge in [-0.25, -0.2) is 9.18 Å². The number of carbonyl (C=O) groups excluding carboxylic acids is 1. The topological polar surface area (TPSA) is 93.4 Å². The first kappa shape index (κ1) is 15.3. The molecule has 23 heavy (non-hydrogen) atoms. The van der Waals surface area contributed by atoms with E-state index in [1.54, 1.807) is 6.07 Å². The Kier molecular flexibility index (Phi) is 3.68. The summed E-state index contributed by atoms with van der Waals surface area (Å²) in [7, 11) is 0. The average molecular weight is 317 g/mol. The molecule has 120 valence electrons. The number of hydrogen-bond donors (Lipinski definition) is 2. The second-order valence-electron chi connectivity index (χ2n) is 6.17. The van der Waals surface area contributed by atoms with Crippen LogP contribution in [0, 0.1) is 28.5 Å². The first-order valence-corrected chi connectivity index (χ1v) is 7.45. The van der Waals surface area contributed by atoms with Crippen LogP contribution in [-0.4, -0.2) is 35.1 Å². The zero-order chi connectivity index (χ0) is 16.6. The first-order valence-electron chi connectivity index (χ1n) is 7.45. The van der Waals surface area contributed by atoms with Crippen LogP contribution in [0.2, 0.25) is 0 Å². The van der Waals surface area contributed by atoms with E-state index in [9.17, 15) is 19.1 Å². The summed E-state index contributed by atoms with van der Waals surface area (Å²) in [5.74, 6) is -1.58. The summed E-state index contributed by atoms with van der Waals surface area (Å²) in [6.45, 7) is 0.578. The Morgan fingerprint density at radius 1 is 1.48 bits per heavy atom. The summed E-state index contributed by atoms with van der Waals surface area (Å²) in [6.07, 6.45) is 2.26. The molecule has 0 spiro atoms. The third-order valence-corrected chi connectivity index (χ3v) is 4.92. The van der Waals surface area contributed by atoms with Crippen molar-refractivity contribution in [3.63, 3.8) is 0 Å². The normalized spacial score (nSPS) is 25.7. The van der Waals surface area contributed by atoms with Gasteiger partial charge in [-0.2, -0.15) is 5.26 Å². The van der Waals surface area contributed by atoms with Crippen LogP contribution in [0.1, 0.15) is 24.8 Å². The summed E-state index contributed by atoms with van der Waals surface area (Å²) in [5.41, 5.74) is -0.691.